The lowest BCUT2D eigenvalue weighted by Crippen LogP contribution is -2.37. The first-order valence-corrected chi connectivity index (χ1v) is 10.2. The van der Waals surface area contributed by atoms with Gasteiger partial charge in [-0.2, -0.15) is 4.99 Å². The summed E-state index contributed by atoms with van der Waals surface area (Å²) < 4.78 is 0. The van der Waals surface area contributed by atoms with Crippen LogP contribution >= 0.6 is 23.5 Å². The second-order valence-electron chi connectivity index (χ2n) is 5.99. The second kappa shape index (κ2) is 8.48. The van der Waals surface area contributed by atoms with Crippen LogP contribution in [0, 0.1) is 5.92 Å². The number of hydrogen-bond donors (Lipinski definition) is 2. The van der Waals surface area contributed by atoms with Crippen molar-refractivity contribution in [3.63, 3.8) is 0 Å². The van der Waals surface area contributed by atoms with Crippen LogP contribution in [0.4, 0.5) is 0 Å². The predicted octanol–water partition coefficient (Wildman–Crippen LogP) is 1.02. The van der Waals surface area contributed by atoms with E-state index in [1.807, 2.05) is 0 Å². The van der Waals surface area contributed by atoms with Crippen molar-refractivity contribution in [2.24, 2.45) is 15.9 Å². The fraction of sp³-hybridized carbons (Fsp3) is 0.625. The maximum atomic E-state index is 12.4. The standard InChI is InChI=1S/C16H21N3O4S2/c20-7-5-19(6-8-21)12(22)9-24-16-17-14(23)13-10-3-1-2-4-11(10)25-15(13)18-16/h13,20-21H,1-9H2. The van der Waals surface area contributed by atoms with Gasteiger partial charge in [0, 0.05) is 13.1 Å². The van der Waals surface area contributed by atoms with E-state index in [0.717, 1.165) is 42.5 Å². The van der Waals surface area contributed by atoms with Crippen molar-refractivity contribution in [3.8, 4) is 0 Å². The molecule has 0 aromatic rings. The lowest BCUT2D eigenvalue weighted by molar-refractivity contribution is -0.129. The van der Waals surface area contributed by atoms with Gasteiger partial charge in [0.15, 0.2) is 5.17 Å². The molecule has 9 heteroatoms. The molecule has 1 atom stereocenters. The van der Waals surface area contributed by atoms with Gasteiger partial charge in [0.1, 0.15) is 5.92 Å². The van der Waals surface area contributed by atoms with Gasteiger partial charge >= 0.3 is 0 Å². The van der Waals surface area contributed by atoms with Crippen molar-refractivity contribution in [2.45, 2.75) is 25.7 Å². The van der Waals surface area contributed by atoms with E-state index >= 15 is 0 Å². The summed E-state index contributed by atoms with van der Waals surface area (Å²) in [6, 6.07) is 0. The van der Waals surface area contributed by atoms with Gasteiger partial charge in [-0.05, 0) is 36.2 Å². The van der Waals surface area contributed by atoms with Crippen LogP contribution in [-0.2, 0) is 9.59 Å². The lowest BCUT2D eigenvalue weighted by Gasteiger charge is -2.21. The Hall–Kier alpha value is -1.16. The number of carbonyl (C=O) groups is 2. The number of fused-ring (bicyclic) bond motifs is 2. The summed E-state index contributed by atoms with van der Waals surface area (Å²) in [5.74, 6) is -0.615. The minimum absolute atomic E-state index is 0.0748. The molecular weight excluding hydrogens is 362 g/mol. The number of amidine groups is 1. The Bertz CT molecular complexity index is 654. The Balaban J connectivity index is 1.62. The summed E-state index contributed by atoms with van der Waals surface area (Å²) in [5.41, 5.74) is 1.20. The summed E-state index contributed by atoms with van der Waals surface area (Å²) in [6.45, 7) is 0.0320. The van der Waals surface area contributed by atoms with Crippen molar-refractivity contribution in [3.05, 3.63) is 10.5 Å². The molecule has 7 nitrogen and oxygen atoms in total. The Morgan fingerprint density at radius 1 is 1.20 bits per heavy atom. The topological polar surface area (TPSA) is 103 Å². The molecule has 0 aromatic heterocycles. The Kier molecular flexibility index (Phi) is 6.32. The number of aliphatic hydroxyl groups is 2. The van der Waals surface area contributed by atoms with Gasteiger partial charge in [-0.25, -0.2) is 4.99 Å². The van der Waals surface area contributed by atoms with E-state index < -0.39 is 0 Å². The molecule has 2 aliphatic heterocycles. The van der Waals surface area contributed by atoms with Crippen LogP contribution in [-0.4, -0.2) is 69.2 Å². The summed E-state index contributed by atoms with van der Waals surface area (Å²) in [6.07, 6.45) is 4.23. The summed E-state index contributed by atoms with van der Waals surface area (Å²) in [7, 11) is 0. The molecular formula is C16H21N3O4S2. The fourth-order valence-electron chi connectivity index (χ4n) is 3.16. The van der Waals surface area contributed by atoms with Crippen molar-refractivity contribution in [2.75, 3.05) is 32.1 Å². The molecule has 0 aromatic carbocycles. The monoisotopic (exact) mass is 383 g/mol. The lowest BCUT2D eigenvalue weighted by atomic mass is 9.89. The van der Waals surface area contributed by atoms with E-state index in [1.54, 1.807) is 11.8 Å². The fourth-order valence-corrected chi connectivity index (χ4v) is 5.32. The van der Waals surface area contributed by atoms with Crippen molar-refractivity contribution >= 4 is 45.5 Å². The van der Waals surface area contributed by atoms with Gasteiger partial charge in [-0.3, -0.25) is 9.59 Å². The van der Waals surface area contributed by atoms with E-state index in [1.165, 1.54) is 15.4 Å². The van der Waals surface area contributed by atoms with Crippen LogP contribution in [0.3, 0.4) is 0 Å². The maximum Gasteiger partial charge on any atom is 0.262 e. The summed E-state index contributed by atoms with van der Waals surface area (Å²) in [5, 5.41) is 19.1. The van der Waals surface area contributed by atoms with Gasteiger partial charge in [-0.1, -0.05) is 23.5 Å². The zero-order valence-electron chi connectivity index (χ0n) is 13.8. The first kappa shape index (κ1) is 18.6. The van der Waals surface area contributed by atoms with Crippen LogP contribution in [0.15, 0.2) is 20.5 Å². The van der Waals surface area contributed by atoms with Gasteiger partial charge in [-0.15, -0.1) is 0 Å². The molecule has 3 rings (SSSR count). The minimum Gasteiger partial charge on any atom is -0.395 e. The highest BCUT2D eigenvalue weighted by Crippen LogP contribution is 2.47. The molecule has 3 aliphatic rings. The molecule has 0 saturated carbocycles. The number of hydrogen-bond acceptors (Lipinski definition) is 7. The van der Waals surface area contributed by atoms with Crippen LogP contribution < -0.4 is 0 Å². The van der Waals surface area contributed by atoms with Crippen LogP contribution in [0.25, 0.3) is 0 Å². The molecule has 2 N–H and O–H groups in total. The van der Waals surface area contributed by atoms with Gasteiger partial charge in [0.2, 0.25) is 5.91 Å². The number of aliphatic imine (C=N–C) groups is 2. The van der Waals surface area contributed by atoms with E-state index in [9.17, 15) is 9.59 Å². The van der Waals surface area contributed by atoms with Crippen molar-refractivity contribution in [1.29, 1.82) is 0 Å². The van der Waals surface area contributed by atoms with E-state index in [0.29, 0.717) is 5.17 Å². The molecule has 2 heterocycles. The number of nitrogens with zero attached hydrogens (tertiary/aromatic N) is 3. The first-order chi connectivity index (χ1) is 12.1. The Labute approximate surface area is 154 Å². The highest BCUT2D eigenvalue weighted by molar-refractivity contribution is 8.18. The number of carbonyl (C=O) groups excluding carboxylic acids is 2. The Morgan fingerprint density at radius 2 is 1.92 bits per heavy atom. The smallest absolute Gasteiger partial charge is 0.262 e. The third-order valence-corrected chi connectivity index (χ3v) is 6.44. The highest BCUT2D eigenvalue weighted by Gasteiger charge is 2.40. The molecule has 136 valence electrons. The van der Waals surface area contributed by atoms with E-state index in [4.69, 9.17) is 10.2 Å². The van der Waals surface area contributed by atoms with Crippen molar-refractivity contribution in [1.82, 2.24) is 4.90 Å². The largest absolute Gasteiger partial charge is 0.395 e. The molecule has 0 fully saturated rings. The van der Waals surface area contributed by atoms with E-state index in [2.05, 4.69) is 9.98 Å². The molecule has 1 unspecified atom stereocenters. The Morgan fingerprint density at radius 3 is 2.64 bits per heavy atom. The zero-order valence-corrected chi connectivity index (χ0v) is 15.4. The summed E-state index contributed by atoms with van der Waals surface area (Å²) >= 11 is 2.72. The minimum atomic E-state index is -0.291. The number of amides is 2. The SMILES string of the molecule is O=C1N=C(SCC(=O)N(CCO)CCO)N=C2SC3=C(CCCC3)C12. The molecule has 0 spiro atoms. The first-order valence-electron chi connectivity index (χ1n) is 8.37. The second-order valence-corrected chi connectivity index (χ2v) is 8.05. The average molecular weight is 383 g/mol. The third kappa shape index (κ3) is 4.16. The molecule has 0 radical (unpaired) electrons. The molecule has 25 heavy (non-hydrogen) atoms. The highest BCUT2D eigenvalue weighted by atomic mass is 32.2. The average Bonchev–Trinajstić information content (AvgIpc) is 2.98. The summed E-state index contributed by atoms with van der Waals surface area (Å²) in [4.78, 5) is 35.8. The molecule has 2 amide bonds. The van der Waals surface area contributed by atoms with Crippen LogP contribution in [0.1, 0.15) is 25.7 Å². The predicted molar refractivity (Wildman–Crippen MR) is 99.7 cm³/mol. The normalized spacial score (nSPS) is 22.3. The third-order valence-electron chi connectivity index (χ3n) is 4.36. The van der Waals surface area contributed by atoms with Crippen LogP contribution in [0.2, 0.25) is 0 Å². The quantitative estimate of drug-likeness (QED) is 0.710. The maximum absolute atomic E-state index is 12.4. The van der Waals surface area contributed by atoms with Crippen molar-refractivity contribution < 1.29 is 19.8 Å². The number of rotatable bonds is 6. The molecule has 0 bridgehead atoms. The van der Waals surface area contributed by atoms with Gasteiger partial charge < -0.3 is 15.1 Å². The molecule has 1 aliphatic carbocycles. The number of allylic oxidation sites excluding steroid dienone is 1. The van der Waals surface area contributed by atoms with Gasteiger partial charge in [0.05, 0.1) is 24.0 Å². The molecule has 0 saturated heterocycles. The number of aliphatic hydroxyl groups excluding tert-OH is 2. The number of thioether (sulfide) groups is 2. The van der Waals surface area contributed by atoms with Gasteiger partial charge in [0.25, 0.3) is 5.91 Å². The zero-order chi connectivity index (χ0) is 17.8. The van der Waals surface area contributed by atoms with Crippen LogP contribution in [0.5, 0.6) is 0 Å². The van der Waals surface area contributed by atoms with E-state index in [-0.39, 0.29) is 49.8 Å².